The molecule has 1 amide bonds. The second kappa shape index (κ2) is 11.4. The molecule has 3 aromatic carbocycles. The maximum absolute atomic E-state index is 12.8. The number of para-hydroxylation sites is 1. The second-order valence-electron chi connectivity index (χ2n) is 7.49. The Kier molecular flexibility index (Phi) is 8.32. The summed E-state index contributed by atoms with van der Waals surface area (Å²) in [6.45, 7) is 1.48. The van der Waals surface area contributed by atoms with Crippen LogP contribution < -0.4 is 23.9 Å². The molecule has 0 spiro atoms. The molecule has 0 saturated carbocycles. The van der Waals surface area contributed by atoms with E-state index in [1.54, 1.807) is 42.5 Å². The van der Waals surface area contributed by atoms with Gasteiger partial charge in [-0.15, -0.1) is 0 Å². The summed E-state index contributed by atoms with van der Waals surface area (Å²) in [5.74, 6) is 1.70. The SMILES string of the molecule is COc1ccc(OC)c(/C=N\NC(=O)[C@@H](C)N(c2ccc(Oc3ccccc3)cc2)S(C)(=O)=O)c1. The zero-order chi connectivity index (χ0) is 25.4. The fourth-order valence-electron chi connectivity index (χ4n) is 3.29. The highest BCUT2D eigenvalue weighted by Crippen LogP contribution is 2.27. The van der Waals surface area contributed by atoms with Crippen molar-refractivity contribution in [3.05, 3.63) is 78.4 Å². The molecule has 0 unspecified atom stereocenters. The third-order valence-corrected chi connectivity index (χ3v) is 6.22. The minimum Gasteiger partial charge on any atom is -0.497 e. The molecular formula is C25H27N3O6S. The fraction of sp³-hybridized carbons (Fsp3) is 0.200. The Morgan fingerprint density at radius 2 is 1.57 bits per heavy atom. The largest absolute Gasteiger partial charge is 0.497 e. The Hall–Kier alpha value is -4.05. The van der Waals surface area contributed by atoms with E-state index in [0.717, 1.165) is 10.6 Å². The molecule has 10 heteroatoms. The summed E-state index contributed by atoms with van der Waals surface area (Å²) in [7, 11) is -0.740. The number of sulfonamides is 1. The summed E-state index contributed by atoms with van der Waals surface area (Å²) in [6.07, 6.45) is 2.43. The van der Waals surface area contributed by atoms with Crippen molar-refractivity contribution >= 4 is 27.8 Å². The number of hydrogen-bond acceptors (Lipinski definition) is 7. The Morgan fingerprint density at radius 1 is 0.943 bits per heavy atom. The average molecular weight is 498 g/mol. The van der Waals surface area contributed by atoms with E-state index in [2.05, 4.69) is 10.5 Å². The quantitative estimate of drug-likeness (QED) is 0.337. The number of nitrogens with one attached hydrogen (secondary N) is 1. The molecule has 0 aromatic heterocycles. The standard InChI is InChI=1S/C25H27N3O6S/c1-18(25(29)27-26-17-19-16-23(32-2)14-15-24(19)33-3)28(35(4,30)31)20-10-12-22(13-11-20)34-21-8-6-5-7-9-21/h5-18H,1-4H3,(H,27,29)/b26-17-/t18-/m1/s1. The van der Waals surface area contributed by atoms with Crippen LogP contribution in [-0.2, 0) is 14.8 Å². The lowest BCUT2D eigenvalue weighted by atomic mass is 10.2. The van der Waals surface area contributed by atoms with Crippen molar-refractivity contribution < 1.29 is 27.4 Å². The molecule has 184 valence electrons. The number of carbonyl (C=O) groups is 1. The summed E-state index contributed by atoms with van der Waals surface area (Å²) in [4.78, 5) is 12.8. The van der Waals surface area contributed by atoms with Crippen molar-refractivity contribution in [1.29, 1.82) is 0 Å². The number of anilines is 1. The van der Waals surface area contributed by atoms with Crippen LogP contribution in [-0.4, -0.2) is 47.1 Å². The van der Waals surface area contributed by atoms with Gasteiger partial charge < -0.3 is 14.2 Å². The van der Waals surface area contributed by atoms with Gasteiger partial charge in [-0.3, -0.25) is 9.10 Å². The number of hydrogen-bond donors (Lipinski definition) is 1. The Balaban J connectivity index is 1.75. The van der Waals surface area contributed by atoms with Gasteiger partial charge in [0.15, 0.2) is 0 Å². The molecule has 0 bridgehead atoms. The Labute approximate surface area is 205 Å². The third kappa shape index (κ3) is 6.73. The van der Waals surface area contributed by atoms with E-state index < -0.39 is 22.0 Å². The molecule has 0 heterocycles. The van der Waals surface area contributed by atoms with Crippen LogP contribution in [0.15, 0.2) is 77.9 Å². The van der Waals surface area contributed by atoms with E-state index in [0.29, 0.717) is 34.2 Å². The van der Waals surface area contributed by atoms with Crippen molar-refractivity contribution in [2.24, 2.45) is 5.10 Å². The first-order valence-electron chi connectivity index (χ1n) is 10.6. The summed E-state index contributed by atoms with van der Waals surface area (Å²) >= 11 is 0. The average Bonchev–Trinajstić information content (AvgIpc) is 2.84. The van der Waals surface area contributed by atoms with Crippen molar-refractivity contribution in [2.45, 2.75) is 13.0 Å². The molecule has 9 nitrogen and oxygen atoms in total. The number of amides is 1. The monoisotopic (exact) mass is 497 g/mol. The Morgan fingerprint density at radius 3 is 2.17 bits per heavy atom. The van der Waals surface area contributed by atoms with Gasteiger partial charge >= 0.3 is 0 Å². The van der Waals surface area contributed by atoms with E-state index in [4.69, 9.17) is 14.2 Å². The normalized spacial score (nSPS) is 12.1. The van der Waals surface area contributed by atoms with Crippen molar-refractivity contribution in [1.82, 2.24) is 5.43 Å². The summed E-state index contributed by atoms with van der Waals surface area (Å²) in [6, 6.07) is 19.7. The minimum absolute atomic E-state index is 0.314. The predicted molar refractivity (Wildman–Crippen MR) is 135 cm³/mol. The first-order chi connectivity index (χ1) is 16.7. The number of benzene rings is 3. The van der Waals surface area contributed by atoms with Gasteiger partial charge in [-0.1, -0.05) is 18.2 Å². The van der Waals surface area contributed by atoms with Crippen LogP contribution in [0, 0.1) is 0 Å². The van der Waals surface area contributed by atoms with E-state index in [9.17, 15) is 13.2 Å². The minimum atomic E-state index is -3.79. The summed E-state index contributed by atoms with van der Waals surface area (Å²) < 4.78 is 42.3. The lowest BCUT2D eigenvalue weighted by Gasteiger charge is -2.27. The van der Waals surface area contributed by atoms with Crippen LogP contribution >= 0.6 is 0 Å². The van der Waals surface area contributed by atoms with Crippen LogP contribution in [0.1, 0.15) is 12.5 Å². The molecule has 0 aliphatic carbocycles. The molecule has 3 rings (SSSR count). The molecule has 0 aliphatic heterocycles. The van der Waals surface area contributed by atoms with E-state index in [1.165, 1.54) is 27.4 Å². The molecule has 0 radical (unpaired) electrons. The van der Waals surface area contributed by atoms with Gasteiger partial charge in [0.1, 0.15) is 29.0 Å². The van der Waals surface area contributed by atoms with Crippen molar-refractivity contribution in [2.75, 3.05) is 24.8 Å². The molecule has 3 aromatic rings. The van der Waals surface area contributed by atoms with Gasteiger partial charge in [0.25, 0.3) is 5.91 Å². The van der Waals surface area contributed by atoms with Crippen LogP contribution in [0.3, 0.4) is 0 Å². The lowest BCUT2D eigenvalue weighted by molar-refractivity contribution is -0.121. The zero-order valence-corrected chi connectivity index (χ0v) is 20.7. The van der Waals surface area contributed by atoms with Gasteiger partial charge in [-0.2, -0.15) is 5.10 Å². The number of rotatable bonds is 10. The van der Waals surface area contributed by atoms with Crippen LogP contribution in [0.25, 0.3) is 0 Å². The molecule has 0 aliphatic rings. The number of hydrazone groups is 1. The molecule has 1 N–H and O–H groups in total. The maximum Gasteiger partial charge on any atom is 0.263 e. The Bertz CT molecular complexity index is 1280. The highest BCUT2D eigenvalue weighted by atomic mass is 32.2. The topological polar surface area (TPSA) is 107 Å². The first kappa shape index (κ1) is 25.6. The third-order valence-electron chi connectivity index (χ3n) is 4.97. The number of methoxy groups -OCH3 is 2. The van der Waals surface area contributed by atoms with Crippen LogP contribution in [0.4, 0.5) is 5.69 Å². The van der Waals surface area contributed by atoms with E-state index in [-0.39, 0.29) is 0 Å². The molecular weight excluding hydrogens is 470 g/mol. The van der Waals surface area contributed by atoms with E-state index >= 15 is 0 Å². The highest BCUT2D eigenvalue weighted by molar-refractivity contribution is 7.92. The van der Waals surface area contributed by atoms with Gasteiger partial charge in [0.2, 0.25) is 10.0 Å². The fourth-order valence-corrected chi connectivity index (χ4v) is 4.47. The van der Waals surface area contributed by atoms with Gasteiger partial charge in [0.05, 0.1) is 32.4 Å². The molecule has 0 saturated heterocycles. The van der Waals surface area contributed by atoms with Crippen LogP contribution in [0.2, 0.25) is 0 Å². The molecule has 35 heavy (non-hydrogen) atoms. The smallest absolute Gasteiger partial charge is 0.263 e. The molecule has 0 fully saturated rings. The lowest BCUT2D eigenvalue weighted by Crippen LogP contribution is -2.46. The van der Waals surface area contributed by atoms with Gasteiger partial charge in [-0.25, -0.2) is 13.8 Å². The molecule has 1 atom stereocenters. The predicted octanol–water partition coefficient (Wildman–Crippen LogP) is 3.80. The number of ether oxygens (including phenoxy) is 3. The van der Waals surface area contributed by atoms with Crippen molar-refractivity contribution in [3.63, 3.8) is 0 Å². The first-order valence-corrected chi connectivity index (χ1v) is 12.4. The summed E-state index contributed by atoms with van der Waals surface area (Å²) in [5, 5.41) is 3.96. The van der Waals surface area contributed by atoms with Crippen molar-refractivity contribution in [3.8, 4) is 23.0 Å². The van der Waals surface area contributed by atoms with Crippen LogP contribution in [0.5, 0.6) is 23.0 Å². The van der Waals surface area contributed by atoms with Gasteiger partial charge in [-0.05, 0) is 61.5 Å². The zero-order valence-electron chi connectivity index (χ0n) is 19.8. The van der Waals surface area contributed by atoms with Gasteiger partial charge in [0, 0.05) is 5.56 Å². The second-order valence-corrected chi connectivity index (χ2v) is 9.35. The highest BCUT2D eigenvalue weighted by Gasteiger charge is 2.29. The maximum atomic E-state index is 12.8. The summed E-state index contributed by atoms with van der Waals surface area (Å²) in [5.41, 5.74) is 3.28. The number of nitrogens with zero attached hydrogens (tertiary/aromatic N) is 2. The number of carbonyl (C=O) groups excluding carboxylic acids is 1. The van der Waals surface area contributed by atoms with E-state index in [1.807, 2.05) is 30.3 Å².